The summed E-state index contributed by atoms with van der Waals surface area (Å²) in [5.74, 6) is 2.18. The average molecular weight is 353 g/mol. The van der Waals surface area contributed by atoms with Crippen molar-refractivity contribution in [1.29, 1.82) is 0 Å². The van der Waals surface area contributed by atoms with Gasteiger partial charge in [0.15, 0.2) is 6.17 Å². The summed E-state index contributed by atoms with van der Waals surface area (Å²) >= 11 is 0. The Bertz CT molecular complexity index is 755. The van der Waals surface area contributed by atoms with Gasteiger partial charge in [0.25, 0.3) is 0 Å². The van der Waals surface area contributed by atoms with Crippen molar-refractivity contribution in [2.75, 3.05) is 13.1 Å². The standard InChI is InChI=1S/C20H27N5O/c1-4-10-24-19-16(22-17(23-19)13(2)3)18-21-15(12-25(18)20(24)26)11-14-8-6-5-7-9-14/h5-9,13,15,19,21H,4,10-12H2,1-3H3,(H,22,23)/t15-,19?/m1/s1. The zero-order valence-corrected chi connectivity index (χ0v) is 15.7. The van der Waals surface area contributed by atoms with Crippen molar-refractivity contribution in [3.05, 3.63) is 47.4 Å². The van der Waals surface area contributed by atoms with Crippen LogP contribution < -0.4 is 10.6 Å². The molecule has 6 nitrogen and oxygen atoms in total. The number of aliphatic imine (C=N–C) groups is 1. The molecule has 0 bridgehead atoms. The lowest BCUT2D eigenvalue weighted by Gasteiger charge is -2.36. The van der Waals surface area contributed by atoms with Gasteiger partial charge in [-0.1, -0.05) is 51.1 Å². The molecule has 3 heterocycles. The monoisotopic (exact) mass is 353 g/mol. The van der Waals surface area contributed by atoms with Gasteiger partial charge in [-0.3, -0.25) is 9.80 Å². The first kappa shape index (κ1) is 16.9. The minimum atomic E-state index is -0.214. The second-order valence-electron chi connectivity index (χ2n) is 7.55. The Morgan fingerprint density at radius 3 is 2.73 bits per heavy atom. The maximum absolute atomic E-state index is 13.1. The minimum absolute atomic E-state index is 0.0641. The van der Waals surface area contributed by atoms with Crippen molar-refractivity contribution in [1.82, 2.24) is 20.4 Å². The van der Waals surface area contributed by atoms with E-state index in [-0.39, 0.29) is 18.2 Å². The predicted molar refractivity (Wildman–Crippen MR) is 102 cm³/mol. The topological polar surface area (TPSA) is 60.0 Å². The molecule has 0 saturated carbocycles. The van der Waals surface area contributed by atoms with Gasteiger partial charge in [-0.2, -0.15) is 0 Å². The van der Waals surface area contributed by atoms with E-state index in [9.17, 15) is 4.79 Å². The smallest absolute Gasteiger partial charge is 0.327 e. The second kappa shape index (κ2) is 6.67. The fourth-order valence-electron chi connectivity index (χ4n) is 3.89. The first-order valence-corrected chi connectivity index (χ1v) is 9.56. The Hall–Kier alpha value is -2.50. The lowest BCUT2D eigenvalue weighted by atomic mass is 10.1. The van der Waals surface area contributed by atoms with Crippen LogP contribution in [0.15, 0.2) is 46.8 Å². The molecular formula is C20H27N5O. The second-order valence-corrected chi connectivity index (χ2v) is 7.55. The van der Waals surface area contributed by atoms with Gasteiger partial charge in [0.2, 0.25) is 0 Å². The molecule has 1 aromatic rings. The molecule has 0 aliphatic carbocycles. The Morgan fingerprint density at radius 2 is 2.04 bits per heavy atom. The Labute approximate surface area is 155 Å². The van der Waals surface area contributed by atoms with Crippen LogP contribution in [0, 0.1) is 5.92 Å². The Balaban J connectivity index is 1.62. The highest BCUT2D eigenvalue weighted by molar-refractivity contribution is 5.91. The van der Waals surface area contributed by atoms with Gasteiger partial charge in [-0.15, -0.1) is 0 Å². The largest absolute Gasteiger partial charge is 0.365 e. The fourth-order valence-corrected chi connectivity index (χ4v) is 3.89. The molecule has 3 aliphatic heterocycles. The van der Waals surface area contributed by atoms with Gasteiger partial charge in [0.1, 0.15) is 17.4 Å². The SMILES string of the molecule is CCCN1C(=O)N2C[C@@H](Cc3ccccc3)NC2=C2NC(C(C)C)=NC21. The number of hydrogen-bond donors (Lipinski definition) is 2. The number of amidine groups is 1. The molecular weight excluding hydrogens is 326 g/mol. The Morgan fingerprint density at radius 1 is 1.27 bits per heavy atom. The van der Waals surface area contributed by atoms with E-state index in [1.165, 1.54) is 5.56 Å². The van der Waals surface area contributed by atoms with Crippen molar-refractivity contribution < 1.29 is 4.79 Å². The number of rotatable bonds is 5. The van der Waals surface area contributed by atoms with Gasteiger partial charge in [0.05, 0.1) is 0 Å². The molecule has 0 aromatic heterocycles. The van der Waals surface area contributed by atoms with Crippen LogP contribution in [-0.2, 0) is 6.42 Å². The predicted octanol–water partition coefficient (Wildman–Crippen LogP) is 2.50. The van der Waals surface area contributed by atoms with Crippen molar-refractivity contribution in [2.45, 2.75) is 45.8 Å². The molecule has 0 spiro atoms. The van der Waals surface area contributed by atoms with Crippen molar-refractivity contribution in [3.63, 3.8) is 0 Å². The normalized spacial score (nSPS) is 24.5. The number of nitrogens with zero attached hydrogens (tertiary/aromatic N) is 3. The molecule has 138 valence electrons. The highest BCUT2D eigenvalue weighted by Gasteiger charge is 2.46. The molecule has 2 amide bonds. The molecule has 1 fully saturated rings. The third-order valence-corrected chi connectivity index (χ3v) is 5.16. The average Bonchev–Trinajstić information content (AvgIpc) is 3.24. The maximum Gasteiger partial charge on any atom is 0.327 e. The van der Waals surface area contributed by atoms with Crippen LogP contribution in [0.25, 0.3) is 0 Å². The summed E-state index contributed by atoms with van der Waals surface area (Å²) in [6.45, 7) is 7.76. The van der Waals surface area contributed by atoms with Gasteiger partial charge in [-0.25, -0.2) is 9.79 Å². The number of carbonyl (C=O) groups excluding carboxylic acids is 1. The van der Waals surface area contributed by atoms with E-state index < -0.39 is 0 Å². The summed E-state index contributed by atoms with van der Waals surface area (Å²) < 4.78 is 0. The molecule has 1 aromatic carbocycles. The van der Waals surface area contributed by atoms with Crippen LogP contribution in [-0.4, -0.2) is 47.0 Å². The van der Waals surface area contributed by atoms with Gasteiger partial charge in [0, 0.05) is 25.0 Å². The molecule has 2 atom stereocenters. The molecule has 3 aliphatic rings. The lowest BCUT2D eigenvalue weighted by molar-refractivity contribution is 0.146. The molecule has 26 heavy (non-hydrogen) atoms. The third-order valence-electron chi connectivity index (χ3n) is 5.16. The highest BCUT2D eigenvalue weighted by atomic mass is 16.2. The van der Waals surface area contributed by atoms with E-state index in [0.29, 0.717) is 12.5 Å². The number of hydrogen-bond acceptors (Lipinski definition) is 4. The number of amides is 2. The molecule has 6 heteroatoms. The van der Waals surface area contributed by atoms with Crippen LogP contribution in [0.4, 0.5) is 4.79 Å². The number of carbonyl (C=O) groups is 1. The fraction of sp³-hybridized carbons (Fsp3) is 0.500. The van der Waals surface area contributed by atoms with Crippen LogP contribution in [0.3, 0.4) is 0 Å². The quantitative estimate of drug-likeness (QED) is 0.855. The summed E-state index contributed by atoms with van der Waals surface area (Å²) in [4.78, 5) is 21.7. The number of nitrogens with one attached hydrogen (secondary N) is 2. The first-order chi connectivity index (χ1) is 12.6. The molecule has 1 unspecified atom stereocenters. The number of urea groups is 1. The third kappa shape index (κ3) is 2.83. The summed E-state index contributed by atoms with van der Waals surface area (Å²) in [6, 6.07) is 10.7. The van der Waals surface area contributed by atoms with Gasteiger partial charge in [-0.05, 0) is 18.4 Å². The number of benzene rings is 1. The van der Waals surface area contributed by atoms with Crippen LogP contribution in [0.1, 0.15) is 32.8 Å². The highest BCUT2D eigenvalue weighted by Crippen LogP contribution is 2.32. The Kier molecular flexibility index (Phi) is 4.34. The van der Waals surface area contributed by atoms with E-state index in [0.717, 1.165) is 36.7 Å². The summed E-state index contributed by atoms with van der Waals surface area (Å²) in [6.07, 6.45) is 1.61. The van der Waals surface area contributed by atoms with E-state index >= 15 is 0 Å². The summed E-state index contributed by atoms with van der Waals surface area (Å²) in [7, 11) is 0. The van der Waals surface area contributed by atoms with E-state index in [1.807, 2.05) is 15.9 Å². The van der Waals surface area contributed by atoms with Crippen molar-refractivity contribution in [3.8, 4) is 0 Å². The zero-order valence-electron chi connectivity index (χ0n) is 15.7. The minimum Gasteiger partial charge on any atom is -0.365 e. The summed E-state index contributed by atoms with van der Waals surface area (Å²) in [5.41, 5.74) is 2.31. The van der Waals surface area contributed by atoms with Crippen molar-refractivity contribution >= 4 is 11.9 Å². The van der Waals surface area contributed by atoms with Crippen LogP contribution in [0.2, 0.25) is 0 Å². The maximum atomic E-state index is 13.1. The van der Waals surface area contributed by atoms with Crippen LogP contribution in [0.5, 0.6) is 0 Å². The van der Waals surface area contributed by atoms with Gasteiger partial charge >= 0.3 is 6.03 Å². The molecule has 1 saturated heterocycles. The molecule has 2 N–H and O–H groups in total. The van der Waals surface area contributed by atoms with E-state index in [2.05, 4.69) is 55.7 Å². The lowest BCUT2D eigenvalue weighted by Crippen LogP contribution is -2.53. The number of fused-ring (bicyclic) bond motifs is 2. The van der Waals surface area contributed by atoms with Crippen molar-refractivity contribution in [2.24, 2.45) is 10.9 Å². The van der Waals surface area contributed by atoms with E-state index in [1.54, 1.807) is 0 Å². The summed E-state index contributed by atoms with van der Waals surface area (Å²) in [5, 5.41) is 7.08. The molecule has 4 rings (SSSR count). The van der Waals surface area contributed by atoms with Crippen LogP contribution >= 0.6 is 0 Å². The van der Waals surface area contributed by atoms with Gasteiger partial charge < -0.3 is 10.6 Å². The zero-order chi connectivity index (χ0) is 18.3. The van der Waals surface area contributed by atoms with E-state index in [4.69, 9.17) is 4.99 Å². The first-order valence-electron chi connectivity index (χ1n) is 9.56. The molecule has 0 radical (unpaired) electrons.